The van der Waals surface area contributed by atoms with Crippen LogP contribution in [0.4, 0.5) is 0 Å². The topological polar surface area (TPSA) is 121 Å². The van der Waals surface area contributed by atoms with Gasteiger partial charge in [-0.2, -0.15) is 0 Å². The summed E-state index contributed by atoms with van der Waals surface area (Å²) in [5.41, 5.74) is 0. The maximum absolute atomic E-state index is 8.96. The molecule has 6 N–H and O–H groups in total. The van der Waals surface area contributed by atoms with Crippen molar-refractivity contribution < 1.29 is 50.1 Å². The van der Waals surface area contributed by atoms with Gasteiger partial charge in [0.25, 0.3) is 0 Å². The molecule has 4 atom stereocenters. The third kappa shape index (κ3) is 4.97. The molecule has 0 amide bonds. The number of hydrogen-bond donors (Lipinski definition) is 6. The standard InChI is InChI=1S/C6H14O6.Zn/c7-1-3(9)5(11)6(12)4(10)2-8;/h3-12H,1-2H2;. The maximum atomic E-state index is 8.96. The molecule has 7 heteroatoms. The van der Waals surface area contributed by atoms with E-state index in [1.807, 2.05) is 0 Å². The zero-order chi connectivity index (χ0) is 9.72. The van der Waals surface area contributed by atoms with E-state index in [4.69, 9.17) is 30.6 Å². The second-order valence-electron chi connectivity index (χ2n) is 2.48. The molecular weight excluding hydrogens is 233 g/mol. The monoisotopic (exact) mass is 246 g/mol. The molecule has 0 fully saturated rings. The van der Waals surface area contributed by atoms with Gasteiger partial charge in [0.1, 0.15) is 24.4 Å². The fourth-order valence-corrected chi connectivity index (χ4v) is 0.671. The zero-order valence-corrected chi connectivity index (χ0v) is 10.1. The Morgan fingerprint density at radius 2 is 0.923 bits per heavy atom. The van der Waals surface area contributed by atoms with E-state index in [9.17, 15) is 0 Å². The van der Waals surface area contributed by atoms with Crippen LogP contribution in [-0.2, 0) is 19.5 Å². The molecule has 0 aromatic rings. The van der Waals surface area contributed by atoms with Gasteiger partial charge in [0.15, 0.2) is 0 Å². The Balaban J connectivity index is 0. The molecule has 0 aliphatic rings. The van der Waals surface area contributed by atoms with E-state index in [1.165, 1.54) is 0 Å². The van der Waals surface area contributed by atoms with Gasteiger partial charge in [-0.15, -0.1) is 0 Å². The average Bonchev–Trinajstić information content (AvgIpc) is 2.12. The molecule has 0 aliphatic heterocycles. The van der Waals surface area contributed by atoms with Crippen molar-refractivity contribution in [1.29, 1.82) is 0 Å². The molecular formula is C6H14O6Zn. The minimum atomic E-state index is -1.67. The van der Waals surface area contributed by atoms with E-state index in [2.05, 4.69) is 0 Å². The predicted octanol–water partition coefficient (Wildman–Crippen LogP) is -3.59. The molecule has 0 aromatic heterocycles. The molecule has 0 aliphatic carbocycles. The molecule has 13 heavy (non-hydrogen) atoms. The zero-order valence-electron chi connectivity index (χ0n) is 7.11. The van der Waals surface area contributed by atoms with Crippen molar-refractivity contribution in [3.63, 3.8) is 0 Å². The van der Waals surface area contributed by atoms with E-state index >= 15 is 0 Å². The Labute approximate surface area is 88.2 Å². The van der Waals surface area contributed by atoms with Crippen LogP contribution < -0.4 is 0 Å². The van der Waals surface area contributed by atoms with Crippen molar-refractivity contribution in [1.82, 2.24) is 0 Å². The minimum absolute atomic E-state index is 0. The van der Waals surface area contributed by atoms with E-state index in [0.717, 1.165) is 0 Å². The van der Waals surface area contributed by atoms with Crippen LogP contribution in [0.1, 0.15) is 0 Å². The van der Waals surface area contributed by atoms with Gasteiger partial charge < -0.3 is 30.6 Å². The molecule has 0 rings (SSSR count). The van der Waals surface area contributed by atoms with Gasteiger partial charge in [-0.3, -0.25) is 0 Å². The number of rotatable bonds is 5. The molecule has 6 nitrogen and oxygen atoms in total. The summed E-state index contributed by atoms with van der Waals surface area (Å²) in [6, 6.07) is 0. The first-order chi connectivity index (χ1) is 5.54. The average molecular weight is 248 g/mol. The Hall–Kier alpha value is 0.383. The van der Waals surface area contributed by atoms with Crippen molar-refractivity contribution in [3.8, 4) is 0 Å². The third-order valence-corrected chi connectivity index (χ3v) is 1.51. The van der Waals surface area contributed by atoms with Crippen LogP contribution in [0.2, 0.25) is 0 Å². The summed E-state index contributed by atoms with van der Waals surface area (Å²) in [7, 11) is 0. The smallest absolute Gasteiger partial charge is 0.111 e. The van der Waals surface area contributed by atoms with Crippen LogP contribution in [0.25, 0.3) is 0 Å². The quantitative estimate of drug-likeness (QED) is 0.279. The van der Waals surface area contributed by atoms with Gasteiger partial charge in [-0.25, -0.2) is 0 Å². The summed E-state index contributed by atoms with van der Waals surface area (Å²) in [5, 5.41) is 52.2. The Morgan fingerprint density at radius 3 is 1.08 bits per heavy atom. The second kappa shape index (κ2) is 7.76. The summed E-state index contributed by atoms with van der Waals surface area (Å²) < 4.78 is 0. The van der Waals surface area contributed by atoms with Crippen molar-refractivity contribution in [2.75, 3.05) is 13.2 Å². The normalized spacial score (nSPS) is 19.8. The summed E-state index contributed by atoms with van der Waals surface area (Å²) >= 11 is 0. The van der Waals surface area contributed by atoms with Crippen molar-refractivity contribution in [3.05, 3.63) is 0 Å². The SMILES string of the molecule is OCC(O)C(O)C(O)C(O)CO.[Zn]. The third-order valence-electron chi connectivity index (χ3n) is 1.51. The summed E-state index contributed by atoms with van der Waals surface area (Å²) in [4.78, 5) is 0. The van der Waals surface area contributed by atoms with Crippen LogP contribution >= 0.6 is 0 Å². The molecule has 0 saturated carbocycles. The van der Waals surface area contributed by atoms with E-state index < -0.39 is 37.6 Å². The predicted molar refractivity (Wildman–Crippen MR) is 38.2 cm³/mol. The summed E-state index contributed by atoms with van der Waals surface area (Å²) in [6.45, 7) is -1.45. The van der Waals surface area contributed by atoms with Crippen LogP contribution in [-0.4, -0.2) is 68.3 Å². The Morgan fingerprint density at radius 1 is 0.692 bits per heavy atom. The van der Waals surface area contributed by atoms with Crippen LogP contribution in [0.15, 0.2) is 0 Å². The summed E-state index contributed by atoms with van der Waals surface area (Å²) in [6.07, 6.45) is -6.39. The minimum Gasteiger partial charge on any atom is -0.394 e. The van der Waals surface area contributed by atoms with Gasteiger partial charge in [-0.1, -0.05) is 0 Å². The van der Waals surface area contributed by atoms with Gasteiger partial charge in [0.2, 0.25) is 0 Å². The summed E-state index contributed by atoms with van der Waals surface area (Å²) in [5.74, 6) is 0. The van der Waals surface area contributed by atoms with Gasteiger partial charge in [0.05, 0.1) is 13.2 Å². The fourth-order valence-electron chi connectivity index (χ4n) is 0.671. The molecule has 0 bridgehead atoms. The Kier molecular flexibility index (Phi) is 9.45. The molecule has 0 saturated heterocycles. The van der Waals surface area contributed by atoms with E-state index in [-0.39, 0.29) is 19.5 Å². The Bertz CT molecular complexity index is 110. The first kappa shape index (κ1) is 15.8. The number of hydrogen-bond acceptors (Lipinski definition) is 6. The van der Waals surface area contributed by atoms with Crippen molar-refractivity contribution in [2.45, 2.75) is 24.4 Å². The van der Waals surface area contributed by atoms with Crippen LogP contribution in [0, 0.1) is 0 Å². The van der Waals surface area contributed by atoms with Gasteiger partial charge in [-0.05, 0) is 0 Å². The second-order valence-corrected chi connectivity index (χ2v) is 2.48. The van der Waals surface area contributed by atoms with Crippen molar-refractivity contribution in [2.24, 2.45) is 0 Å². The maximum Gasteiger partial charge on any atom is 0.111 e. The molecule has 0 heterocycles. The first-order valence-electron chi connectivity index (χ1n) is 3.48. The number of aliphatic hydroxyl groups excluding tert-OH is 6. The number of aliphatic hydroxyl groups is 6. The molecule has 0 spiro atoms. The van der Waals surface area contributed by atoms with Crippen LogP contribution in [0.3, 0.4) is 0 Å². The van der Waals surface area contributed by atoms with Gasteiger partial charge in [0, 0.05) is 19.5 Å². The largest absolute Gasteiger partial charge is 0.394 e. The van der Waals surface area contributed by atoms with Gasteiger partial charge >= 0.3 is 0 Å². The fraction of sp³-hybridized carbons (Fsp3) is 1.00. The van der Waals surface area contributed by atoms with E-state index in [1.54, 1.807) is 0 Å². The van der Waals surface area contributed by atoms with Crippen LogP contribution in [0.5, 0.6) is 0 Å². The molecule has 4 unspecified atom stereocenters. The first-order valence-corrected chi connectivity index (χ1v) is 3.48. The van der Waals surface area contributed by atoms with Crippen molar-refractivity contribution >= 4 is 0 Å². The van der Waals surface area contributed by atoms with E-state index in [0.29, 0.717) is 0 Å². The molecule has 0 radical (unpaired) electrons. The molecule has 0 aromatic carbocycles. The molecule has 76 valence electrons.